The van der Waals surface area contributed by atoms with Crippen LogP contribution in [-0.4, -0.2) is 38.7 Å². The average Bonchev–Trinajstić information content (AvgIpc) is 3.68. The van der Waals surface area contributed by atoms with E-state index in [1.807, 2.05) is 59.3 Å². The van der Waals surface area contributed by atoms with Crippen LogP contribution in [0.3, 0.4) is 0 Å². The molecule has 0 aliphatic carbocycles. The molecule has 218 valence electrons. The Morgan fingerprint density at radius 3 is 2.38 bits per heavy atom. The molecule has 2 bridgehead atoms. The summed E-state index contributed by atoms with van der Waals surface area (Å²) in [6, 6.07) is 20.5. The number of anilines is 2. The third-order valence-corrected chi connectivity index (χ3v) is 9.22. The number of hydrogen-bond donors (Lipinski definition) is 2. The summed E-state index contributed by atoms with van der Waals surface area (Å²) < 4.78 is 1.79. The maximum Gasteiger partial charge on any atom is 0.324 e. The van der Waals surface area contributed by atoms with Crippen molar-refractivity contribution in [3.05, 3.63) is 93.8 Å². The standard InChI is InChI=1S/C34H39N5O2S/c1-22-8-10-27(11-9-22)39-31(20-30(37-39)34(2,3)4)36-33(41)35-26-7-5-6-23(17-26)16-24-18-28-12-13-29(19-24)38(28)32(40)25-14-15-42-21-25/h5-11,14-15,17,20-21,24,28-29H,12-13,16,18-19H2,1-4H3,(H2,35,36,41). The summed E-state index contributed by atoms with van der Waals surface area (Å²) in [4.78, 5) is 28.4. The summed E-state index contributed by atoms with van der Waals surface area (Å²) >= 11 is 1.58. The second kappa shape index (κ2) is 11.4. The van der Waals surface area contributed by atoms with Gasteiger partial charge in [0, 0.05) is 34.6 Å². The largest absolute Gasteiger partial charge is 0.333 e. The molecule has 2 aromatic heterocycles. The first kappa shape index (κ1) is 28.2. The van der Waals surface area contributed by atoms with Crippen LogP contribution < -0.4 is 10.6 Å². The van der Waals surface area contributed by atoms with Crippen molar-refractivity contribution < 1.29 is 9.59 Å². The molecule has 2 saturated heterocycles. The quantitative estimate of drug-likeness (QED) is 0.244. The van der Waals surface area contributed by atoms with Crippen LogP contribution in [0.5, 0.6) is 0 Å². The highest BCUT2D eigenvalue weighted by Crippen LogP contribution is 2.41. The number of nitrogens with one attached hydrogen (secondary N) is 2. The summed E-state index contributed by atoms with van der Waals surface area (Å²) in [5.74, 6) is 1.34. The number of carbonyl (C=O) groups is 2. The summed E-state index contributed by atoms with van der Waals surface area (Å²) in [5, 5.41) is 14.8. The lowest BCUT2D eigenvalue weighted by Gasteiger charge is -2.39. The van der Waals surface area contributed by atoms with E-state index in [-0.39, 0.29) is 17.4 Å². The third kappa shape index (κ3) is 6.00. The maximum absolute atomic E-state index is 13.2. The van der Waals surface area contributed by atoms with Gasteiger partial charge >= 0.3 is 6.03 Å². The molecule has 8 heteroatoms. The van der Waals surface area contributed by atoms with Gasteiger partial charge in [-0.3, -0.25) is 10.1 Å². The topological polar surface area (TPSA) is 79.3 Å². The first-order chi connectivity index (χ1) is 20.1. The van der Waals surface area contributed by atoms with Gasteiger partial charge in [-0.15, -0.1) is 0 Å². The first-order valence-corrected chi connectivity index (χ1v) is 15.8. The Hall–Kier alpha value is -3.91. The van der Waals surface area contributed by atoms with Gasteiger partial charge < -0.3 is 10.2 Å². The van der Waals surface area contributed by atoms with Gasteiger partial charge in [0.1, 0.15) is 5.82 Å². The van der Waals surface area contributed by atoms with Crippen molar-refractivity contribution >= 4 is 34.8 Å². The lowest BCUT2D eigenvalue weighted by molar-refractivity contribution is 0.0525. The number of piperidine rings is 1. The van der Waals surface area contributed by atoms with Gasteiger partial charge in [-0.1, -0.05) is 50.6 Å². The first-order valence-electron chi connectivity index (χ1n) is 14.8. The molecule has 7 nitrogen and oxygen atoms in total. The van der Waals surface area contributed by atoms with Gasteiger partial charge in [-0.2, -0.15) is 16.4 Å². The number of aromatic nitrogens is 2. The number of fused-ring (bicyclic) bond motifs is 2. The summed E-state index contributed by atoms with van der Waals surface area (Å²) in [6.45, 7) is 8.39. The van der Waals surface area contributed by atoms with Gasteiger partial charge in [0.2, 0.25) is 0 Å². The van der Waals surface area contributed by atoms with E-state index in [1.54, 1.807) is 16.0 Å². The van der Waals surface area contributed by atoms with Crippen LogP contribution in [0.25, 0.3) is 5.69 Å². The number of rotatable bonds is 6. The molecule has 2 unspecified atom stereocenters. The molecule has 3 amide bonds. The van der Waals surface area contributed by atoms with Crippen molar-refractivity contribution in [2.24, 2.45) is 5.92 Å². The van der Waals surface area contributed by atoms with Crippen LogP contribution in [0.4, 0.5) is 16.3 Å². The zero-order valence-electron chi connectivity index (χ0n) is 24.8. The Kier molecular flexibility index (Phi) is 7.66. The summed E-state index contributed by atoms with van der Waals surface area (Å²) in [5.41, 5.74) is 5.58. The van der Waals surface area contributed by atoms with Crippen molar-refractivity contribution in [1.82, 2.24) is 14.7 Å². The lowest BCUT2D eigenvalue weighted by atomic mass is 9.85. The molecule has 4 aromatic rings. The van der Waals surface area contributed by atoms with Crippen LogP contribution >= 0.6 is 11.3 Å². The highest BCUT2D eigenvalue weighted by Gasteiger charge is 2.43. The molecule has 4 heterocycles. The smallest absolute Gasteiger partial charge is 0.324 e. The Labute approximate surface area is 251 Å². The number of thiophene rings is 1. The fourth-order valence-corrected chi connectivity index (χ4v) is 7.06. The van der Waals surface area contributed by atoms with Crippen molar-refractivity contribution in [3.8, 4) is 5.69 Å². The highest BCUT2D eigenvalue weighted by atomic mass is 32.1. The Morgan fingerprint density at radius 2 is 1.71 bits per heavy atom. The van der Waals surface area contributed by atoms with E-state index < -0.39 is 0 Å². The molecule has 2 fully saturated rings. The minimum absolute atomic E-state index is 0.163. The van der Waals surface area contributed by atoms with Gasteiger partial charge in [0.25, 0.3) is 5.91 Å². The molecule has 2 atom stereocenters. The van der Waals surface area contributed by atoms with Crippen LogP contribution in [0.1, 0.15) is 73.6 Å². The van der Waals surface area contributed by atoms with Gasteiger partial charge in [-0.25, -0.2) is 9.48 Å². The Morgan fingerprint density at radius 1 is 0.976 bits per heavy atom. The molecule has 2 N–H and O–H groups in total. The minimum Gasteiger partial charge on any atom is -0.333 e. The SMILES string of the molecule is Cc1ccc(-n2nc(C(C)(C)C)cc2NC(=O)Nc2cccc(CC3CC4CCC(C3)N4C(=O)c3ccsc3)c2)cc1. The minimum atomic E-state index is -0.306. The van der Waals surface area contributed by atoms with Crippen LogP contribution in [0.2, 0.25) is 0 Å². The molecule has 0 spiro atoms. The maximum atomic E-state index is 13.2. The van der Waals surface area contributed by atoms with Gasteiger partial charge in [0.05, 0.1) is 16.9 Å². The van der Waals surface area contributed by atoms with E-state index in [4.69, 9.17) is 5.10 Å². The fraction of sp³-hybridized carbons (Fsp3) is 0.382. The van der Waals surface area contributed by atoms with Crippen LogP contribution in [0, 0.1) is 12.8 Å². The molecule has 0 saturated carbocycles. The van der Waals surface area contributed by atoms with Gasteiger partial charge in [-0.05, 0) is 86.2 Å². The number of aryl methyl sites for hydroxylation is 1. The average molecular weight is 582 g/mol. The van der Waals surface area contributed by atoms with E-state index >= 15 is 0 Å². The molecule has 0 radical (unpaired) electrons. The van der Waals surface area contributed by atoms with Crippen molar-refractivity contribution in [2.75, 3.05) is 10.6 Å². The molecular formula is C34H39N5O2S. The normalized spacial score (nSPS) is 20.0. The van der Waals surface area contributed by atoms with Crippen molar-refractivity contribution in [2.45, 2.75) is 77.3 Å². The predicted molar refractivity (Wildman–Crippen MR) is 170 cm³/mol. The molecule has 2 aromatic carbocycles. The summed E-state index contributed by atoms with van der Waals surface area (Å²) in [7, 11) is 0. The number of amides is 3. The molecular weight excluding hydrogens is 542 g/mol. The van der Waals surface area contributed by atoms with E-state index in [0.717, 1.165) is 54.7 Å². The van der Waals surface area contributed by atoms with Gasteiger partial charge in [0.15, 0.2) is 0 Å². The third-order valence-electron chi connectivity index (χ3n) is 8.54. The lowest BCUT2D eigenvalue weighted by Crippen LogP contribution is -2.46. The van der Waals surface area contributed by atoms with E-state index in [0.29, 0.717) is 23.8 Å². The van der Waals surface area contributed by atoms with Crippen LogP contribution in [0.15, 0.2) is 71.4 Å². The Bertz CT molecular complexity index is 1550. The fourth-order valence-electron chi connectivity index (χ4n) is 6.43. The zero-order valence-corrected chi connectivity index (χ0v) is 25.6. The highest BCUT2D eigenvalue weighted by molar-refractivity contribution is 7.08. The predicted octanol–water partition coefficient (Wildman–Crippen LogP) is 7.81. The second-order valence-corrected chi connectivity index (χ2v) is 13.6. The molecule has 42 heavy (non-hydrogen) atoms. The number of benzene rings is 2. The number of hydrogen-bond acceptors (Lipinski definition) is 4. The Balaban J connectivity index is 1.11. The molecule has 2 aliphatic rings. The van der Waals surface area contributed by atoms with E-state index in [2.05, 4.69) is 55.4 Å². The zero-order chi connectivity index (χ0) is 29.4. The monoisotopic (exact) mass is 581 g/mol. The van der Waals surface area contributed by atoms with Crippen molar-refractivity contribution in [3.63, 3.8) is 0 Å². The van der Waals surface area contributed by atoms with Crippen molar-refractivity contribution in [1.29, 1.82) is 0 Å². The van der Waals surface area contributed by atoms with Crippen LogP contribution in [-0.2, 0) is 11.8 Å². The van der Waals surface area contributed by atoms with E-state index in [1.165, 1.54) is 11.1 Å². The number of nitrogens with zero attached hydrogens (tertiary/aromatic N) is 3. The number of carbonyl (C=O) groups excluding carboxylic acids is 2. The number of urea groups is 1. The second-order valence-electron chi connectivity index (χ2n) is 12.8. The summed E-state index contributed by atoms with van der Waals surface area (Å²) in [6.07, 6.45) is 5.19. The molecule has 6 rings (SSSR count). The molecule has 2 aliphatic heterocycles. The van der Waals surface area contributed by atoms with E-state index in [9.17, 15) is 9.59 Å².